The van der Waals surface area contributed by atoms with Gasteiger partial charge in [-0.25, -0.2) is 4.79 Å². The van der Waals surface area contributed by atoms with Crippen LogP contribution in [-0.2, 0) is 9.53 Å². The van der Waals surface area contributed by atoms with E-state index in [0.717, 1.165) is 6.42 Å². The molecule has 2 rings (SSSR count). The van der Waals surface area contributed by atoms with Gasteiger partial charge in [-0.2, -0.15) is 0 Å². The molecule has 1 fully saturated rings. The van der Waals surface area contributed by atoms with Crippen LogP contribution in [0.3, 0.4) is 0 Å². The number of hydrogen-bond donors (Lipinski definition) is 0. The molecule has 22 heavy (non-hydrogen) atoms. The molecule has 118 valence electrons. The van der Waals surface area contributed by atoms with Crippen molar-refractivity contribution in [2.45, 2.75) is 19.8 Å². The smallest absolute Gasteiger partial charge is 0.415 e. The maximum Gasteiger partial charge on any atom is 0.415 e. The van der Waals surface area contributed by atoms with Crippen molar-refractivity contribution in [2.75, 3.05) is 19.7 Å². The fourth-order valence-corrected chi connectivity index (χ4v) is 2.52. The van der Waals surface area contributed by atoms with E-state index in [9.17, 15) is 9.59 Å². The molecule has 1 amide bonds. The van der Waals surface area contributed by atoms with Gasteiger partial charge >= 0.3 is 12.1 Å². The topological polar surface area (TPSA) is 55.8 Å². The van der Waals surface area contributed by atoms with Crippen molar-refractivity contribution in [3.63, 3.8) is 0 Å². The number of para-hydroxylation sites is 1. The van der Waals surface area contributed by atoms with Crippen molar-refractivity contribution in [2.24, 2.45) is 5.41 Å². The summed E-state index contributed by atoms with van der Waals surface area (Å²) in [6.45, 7) is 6.41. The number of carbonyl (C=O) groups is 2. The van der Waals surface area contributed by atoms with Gasteiger partial charge in [0.25, 0.3) is 0 Å². The molecule has 0 aliphatic carbocycles. The monoisotopic (exact) mass is 303 g/mol. The minimum Gasteiger partial charge on any atom is -0.461 e. The summed E-state index contributed by atoms with van der Waals surface area (Å²) in [5.41, 5.74) is -0.697. The number of likely N-dealkylation sites (tertiary alicyclic amines) is 1. The Morgan fingerprint density at radius 3 is 2.77 bits per heavy atom. The van der Waals surface area contributed by atoms with E-state index in [0.29, 0.717) is 25.3 Å². The van der Waals surface area contributed by atoms with Crippen molar-refractivity contribution >= 4 is 12.1 Å². The van der Waals surface area contributed by atoms with Gasteiger partial charge in [0.2, 0.25) is 0 Å². The lowest BCUT2D eigenvalue weighted by atomic mass is 9.82. The Labute approximate surface area is 130 Å². The zero-order chi connectivity index (χ0) is 16.0. The molecule has 1 aromatic rings. The molecule has 1 saturated heterocycles. The first-order valence-electron chi connectivity index (χ1n) is 7.35. The molecule has 0 N–H and O–H groups in total. The minimum absolute atomic E-state index is 0.183. The summed E-state index contributed by atoms with van der Waals surface area (Å²) < 4.78 is 10.5. The number of esters is 1. The lowest BCUT2D eigenvalue weighted by molar-refractivity contribution is -0.156. The third kappa shape index (κ3) is 3.87. The van der Waals surface area contributed by atoms with E-state index in [2.05, 4.69) is 6.58 Å². The van der Waals surface area contributed by atoms with Crippen LogP contribution in [0.2, 0.25) is 0 Å². The van der Waals surface area contributed by atoms with Gasteiger partial charge in [-0.05, 0) is 31.9 Å². The Balaban J connectivity index is 1.98. The third-order valence-electron chi connectivity index (χ3n) is 3.73. The van der Waals surface area contributed by atoms with Crippen LogP contribution in [0.4, 0.5) is 4.79 Å². The highest BCUT2D eigenvalue weighted by Gasteiger charge is 2.41. The van der Waals surface area contributed by atoms with E-state index in [4.69, 9.17) is 9.47 Å². The second-order valence-electron chi connectivity index (χ2n) is 5.65. The van der Waals surface area contributed by atoms with Gasteiger partial charge < -0.3 is 14.4 Å². The summed E-state index contributed by atoms with van der Waals surface area (Å²) in [4.78, 5) is 25.9. The van der Waals surface area contributed by atoms with Crippen LogP contribution in [0, 0.1) is 5.41 Å². The summed E-state index contributed by atoms with van der Waals surface area (Å²) in [7, 11) is 0. The van der Waals surface area contributed by atoms with E-state index in [1.165, 1.54) is 6.08 Å². The molecule has 1 aromatic carbocycles. The van der Waals surface area contributed by atoms with E-state index in [1.807, 2.05) is 13.0 Å². The van der Waals surface area contributed by atoms with Gasteiger partial charge in [-0.3, -0.25) is 4.79 Å². The first kappa shape index (κ1) is 16.1. The lowest BCUT2D eigenvalue weighted by Gasteiger charge is -2.37. The predicted octanol–water partition coefficient (Wildman–Crippen LogP) is 3.02. The standard InChI is InChI=1S/C17H21NO4/c1-3-12-21-15(19)17(2)10-7-11-18(13-17)16(20)22-14-8-5-4-6-9-14/h3-6,8-9H,1,7,10-13H2,2H3. The molecule has 1 aliphatic heterocycles. The van der Waals surface area contributed by atoms with Gasteiger partial charge in [0, 0.05) is 13.1 Å². The van der Waals surface area contributed by atoms with Crippen molar-refractivity contribution < 1.29 is 19.1 Å². The van der Waals surface area contributed by atoms with Gasteiger partial charge in [-0.15, -0.1) is 0 Å². The van der Waals surface area contributed by atoms with Gasteiger partial charge in [0.15, 0.2) is 0 Å². The second-order valence-corrected chi connectivity index (χ2v) is 5.65. The number of hydrogen-bond acceptors (Lipinski definition) is 4. The molecule has 0 aromatic heterocycles. The quantitative estimate of drug-likeness (QED) is 0.634. The maximum absolute atomic E-state index is 12.2. The van der Waals surface area contributed by atoms with Gasteiger partial charge in [-0.1, -0.05) is 30.9 Å². The Kier molecular flexibility index (Phi) is 5.20. The summed E-state index contributed by atoms with van der Waals surface area (Å²) in [5.74, 6) is 0.193. The molecule has 1 unspecified atom stereocenters. The van der Waals surface area contributed by atoms with Crippen LogP contribution in [0.5, 0.6) is 5.75 Å². The van der Waals surface area contributed by atoms with E-state index < -0.39 is 11.5 Å². The number of benzene rings is 1. The summed E-state index contributed by atoms with van der Waals surface area (Å²) in [6, 6.07) is 8.90. The molecule has 0 saturated carbocycles. The normalized spacial score (nSPS) is 21.0. The molecule has 5 heteroatoms. The predicted molar refractivity (Wildman–Crippen MR) is 82.5 cm³/mol. The fourth-order valence-electron chi connectivity index (χ4n) is 2.52. The first-order chi connectivity index (χ1) is 10.5. The fraction of sp³-hybridized carbons (Fsp3) is 0.412. The van der Waals surface area contributed by atoms with Crippen molar-refractivity contribution in [3.05, 3.63) is 43.0 Å². The minimum atomic E-state index is -0.697. The largest absolute Gasteiger partial charge is 0.461 e. The second kappa shape index (κ2) is 7.11. The molecule has 0 radical (unpaired) electrons. The average Bonchev–Trinajstić information content (AvgIpc) is 2.53. The zero-order valence-corrected chi connectivity index (χ0v) is 12.8. The van der Waals surface area contributed by atoms with E-state index in [1.54, 1.807) is 29.2 Å². The van der Waals surface area contributed by atoms with Crippen LogP contribution < -0.4 is 4.74 Å². The molecular formula is C17H21NO4. The average molecular weight is 303 g/mol. The Morgan fingerprint density at radius 1 is 1.36 bits per heavy atom. The highest BCUT2D eigenvalue weighted by molar-refractivity contribution is 5.78. The number of nitrogens with zero attached hydrogens (tertiary/aromatic N) is 1. The Morgan fingerprint density at radius 2 is 2.09 bits per heavy atom. The zero-order valence-electron chi connectivity index (χ0n) is 12.8. The van der Waals surface area contributed by atoms with E-state index in [-0.39, 0.29) is 12.6 Å². The van der Waals surface area contributed by atoms with Gasteiger partial charge in [0.05, 0.1) is 5.41 Å². The van der Waals surface area contributed by atoms with Crippen molar-refractivity contribution in [3.8, 4) is 5.75 Å². The summed E-state index contributed by atoms with van der Waals surface area (Å²) in [5, 5.41) is 0. The van der Waals surface area contributed by atoms with Crippen LogP contribution in [0.15, 0.2) is 43.0 Å². The summed E-state index contributed by atoms with van der Waals surface area (Å²) >= 11 is 0. The number of carbonyl (C=O) groups excluding carboxylic acids is 2. The van der Waals surface area contributed by atoms with Crippen LogP contribution in [-0.4, -0.2) is 36.7 Å². The number of piperidine rings is 1. The molecule has 1 atom stereocenters. The number of rotatable bonds is 4. The third-order valence-corrected chi connectivity index (χ3v) is 3.73. The Hall–Kier alpha value is -2.30. The van der Waals surface area contributed by atoms with Crippen molar-refractivity contribution in [1.29, 1.82) is 0 Å². The van der Waals surface area contributed by atoms with Crippen LogP contribution in [0.1, 0.15) is 19.8 Å². The molecule has 0 bridgehead atoms. The summed E-state index contributed by atoms with van der Waals surface area (Å²) in [6.07, 6.45) is 2.53. The lowest BCUT2D eigenvalue weighted by Crippen LogP contribution is -2.49. The van der Waals surface area contributed by atoms with Gasteiger partial charge in [0.1, 0.15) is 12.4 Å². The molecule has 0 spiro atoms. The maximum atomic E-state index is 12.2. The van der Waals surface area contributed by atoms with Crippen molar-refractivity contribution in [1.82, 2.24) is 4.90 Å². The molecule has 5 nitrogen and oxygen atoms in total. The van der Waals surface area contributed by atoms with E-state index >= 15 is 0 Å². The first-order valence-corrected chi connectivity index (χ1v) is 7.35. The molecule has 1 aliphatic rings. The van der Waals surface area contributed by atoms with Crippen LogP contribution in [0.25, 0.3) is 0 Å². The number of amides is 1. The molecule has 1 heterocycles. The SMILES string of the molecule is C=CCOC(=O)C1(C)CCCN(C(=O)Oc2ccccc2)C1. The number of ether oxygens (including phenoxy) is 2. The molecular weight excluding hydrogens is 282 g/mol. The highest BCUT2D eigenvalue weighted by Crippen LogP contribution is 2.31. The van der Waals surface area contributed by atoms with Crippen LogP contribution >= 0.6 is 0 Å². The Bertz CT molecular complexity index is 543. The highest BCUT2D eigenvalue weighted by atomic mass is 16.6.